The Labute approximate surface area is 72.8 Å². The Morgan fingerprint density at radius 2 is 2.17 bits per heavy atom. The van der Waals surface area contributed by atoms with Gasteiger partial charge in [-0.3, -0.25) is 0 Å². The van der Waals surface area contributed by atoms with Gasteiger partial charge in [-0.15, -0.1) is 0 Å². The molecule has 4 unspecified atom stereocenters. The van der Waals surface area contributed by atoms with Gasteiger partial charge in [-0.25, -0.2) is 0 Å². The van der Waals surface area contributed by atoms with Crippen LogP contribution in [0.4, 0.5) is 0 Å². The maximum Gasteiger partial charge on any atom is 0.106 e. The molecule has 1 nitrogen and oxygen atoms in total. The predicted molar refractivity (Wildman–Crippen MR) is 45.5 cm³/mol. The van der Waals surface area contributed by atoms with Crippen molar-refractivity contribution in [2.75, 3.05) is 0 Å². The van der Waals surface area contributed by atoms with Crippen LogP contribution in [-0.2, 0) is 4.74 Å². The van der Waals surface area contributed by atoms with Crippen molar-refractivity contribution in [3.8, 4) is 0 Å². The molecule has 0 aromatic rings. The zero-order valence-corrected chi connectivity index (χ0v) is 7.25. The standard InChI is InChI=1S/C11H14O/c1-2-6-7(3-1)11-9-5-4-8(12-9)10(6)11/h6-8,10H,1-5H2. The Balaban J connectivity index is 1.83. The van der Waals surface area contributed by atoms with Gasteiger partial charge in [-0.1, -0.05) is 6.42 Å². The minimum Gasteiger partial charge on any atom is -0.494 e. The molecule has 4 atom stereocenters. The molecule has 2 bridgehead atoms. The van der Waals surface area contributed by atoms with Crippen LogP contribution in [0.5, 0.6) is 0 Å². The van der Waals surface area contributed by atoms with E-state index in [9.17, 15) is 0 Å². The molecule has 2 aliphatic heterocycles. The lowest BCUT2D eigenvalue weighted by molar-refractivity contribution is 0.0839. The van der Waals surface area contributed by atoms with E-state index in [0.29, 0.717) is 6.10 Å². The van der Waals surface area contributed by atoms with E-state index < -0.39 is 0 Å². The van der Waals surface area contributed by atoms with Crippen LogP contribution in [0.25, 0.3) is 0 Å². The second-order valence-corrected chi connectivity index (χ2v) is 4.80. The molecule has 0 aromatic heterocycles. The largest absolute Gasteiger partial charge is 0.494 e. The summed E-state index contributed by atoms with van der Waals surface area (Å²) in [4.78, 5) is 0. The van der Waals surface area contributed by atoms with Gasteiger partial charge in [0.25, 0.3) is 0 Å². The molecular formula is C11H14O. The number of allylic oxidation sites excluding steroid dienone is 1. The molecule has 0 spiro atoms. The summed E-state index contributed by atoms with van der Waals surface area (Å²) in [5, 5.41) is 0. The number of ether oxygens (including phenoxy) is 1. The number of fused-ring (bicyclic) bond motifs is 7. The highest BCUT2D eigenvalue weighted by Gasteiger charge is 2.58. The van der Waals surface area contributed by atoms with Crippen molar-refractivity contribution in [3.05, 3.63) is 11.3 Å². The van der Waals surface area contributed by atoms with Crippen molar-refractivity contribution in [1.29, 1.82) is 0 Å². The van der Waals surface area contributed by atoms with E-state index in [1.165, 1.54) is 37.9 Å². The first-order chi connectivity index (χ1) is 5.95. The summed E-state index contributed by atoms with van der Waals surface area (Å²) in [6, 6.07) is 0. The molecule has 1 saturated heterocycles. The van der Waals surface area contributed by atoms with E-state index in [4.69, 9.17) is 4.74 Å². The molecule has 0 radical (unpaired) electrons. The number of rotatable bonds is 0. The quantitative estimate of drug-likeness (QED) is 0.531. The third-order valence-corrected chi connectivity index (χ3v) is 4.46. The van der Waals surface area contributed by atoms with E-state index in [0.717, 1.165) is 17.8 Å². The molecule has 12 heavy (non-hydrogen) atoms. The zero-order chi connectivity index (χ0) is 7.71. The van der Waals surface area contributed by atoms with Gasteiger partial charge in [0.05, 0.1) is 5.76 Å². The summed E-state index contributed by atoms with van der Waals surface area (Å²) in [6.07, 6.45) is 7.67. The molecule has 1 heteroatoms. The lowest BCUT2D eigenvalue weighted by Crippen LogP contribution is -2.41. The summed E-state index contributed by atoms with van der Waals surface area (Å²) in [5.41, 5.74) is 1.77. The molecule has 0 amide bonds. The van der Waals surface area contributed by atoms with Crippen LogP contribution in [0.2, 0.25) is 0 Å². The molecular weight excluding hydrogens is 148 g/mol. The van der Waals surface area contributed by atoms with Gasteiger partial charge in [0, 0.05) is 12.3 Å². The summed E-state index contributed by atoms with van der Waals surface area (Å²) < 4.78 is 5.88. The van der Waals surface area contributed by atoms with Gasteiger partial charge >= 0.3 is 0 Å². The Bertz CT molecular complexity index is 279. The highest BCUT2D eigenvalue weighted by Crippen LogP contribution is 2.64. The SMILES string of the molecule is C1CC2C3=C4CCC(O4)C3C2C1. The van der Waals surface area contributed by atoms with Crippen LogP contribution in [0.15, 0.2) is 11.3 Å². The fraction of sp³-hybridized carbons (Fsp3) is 0.818. The highest BCUT2D eigenvalue weighted by molar-refractivity contribution is 5.36. The average Bonchev–Trinajstić information content (AvgIpc) is 2.66. The maximum atomic E-state index is 5.88. The topological polar surface area (TPSA) is 9.23 Å². The first-order valence-electron chi connectivity index (χ1n) is 5.35. The Hall–Kier alpha value is -0.460. The van der Waals surface area contributed by atoms with Crippen LogP contribution in [-0.4, -0.2) is 6.10 Å². The van der Waals surface area contributed by atoms with Crippen LogP contribution >= 0.6 is 0 Å². The fourth-order valence-corrected chi connectivity index (χ4v) is 4.07. The first kappa shape index (κ1) is 6.06. The number of hydrogen-bond acceptors (Lipinski definition) is 1. The minimum atomic E-state index is 0.634. The molecule has 64 valence electrons. The Kier molecular flexibility index (Phi) is 0.875. The van der Waals surface area contributed by atoms with E-state index in [2.05, 4.69) is 0 Å². The smallest absolute Gasteiger partial charge is 0.106 e. The minimum absolute atomic E-state index is 0.634. The molecule has 2 saturated carbocycles. The second kappa shape index (κ2) is 1.73. The Morgan fingerprint density at radius 1 is 1.17 bits per heavy atom. The van der Waals surface area contributed by atoms with Crippen molar-refractivity contribution >= 4 is 0 Å². The average molecular weight is 162 g/mol. The van der Waals surface area contributed by atoms with Crippen molar-refractivity contribution in [2.24, 2.45) is 17.8 Å². The van der Waals surface area contributed by atoms with Crippen molar-refractivity contribution < 1.29 is 4.74 Å². The van der Waals surface area contributed by atoms with E-state index in [1.54, 1.807) is 5.57 Å². The molecule has 3 fully saturated rings. The Morgan fingerprint density at radius 3 is 3.17 bits per heavy atom. The summed E-state index contributed by atoms with van der Waals surface area (Å²) >= 11 is 0. The molecule has 4 aliphatic rings. The third kappa shape index (κ3) is 0.468. The lowest BCUT2D eigenvalue weighted by atomic mass is 9.59. The summed E-state index contributed by atoms with van der Waals surface area (Å²) in [6.45, 7) is 0. The monoisotopic (exact) mass is 162 g/mol. The molecule has 0 N–H and O–H groups in total. The number of hydrogen-bond donors (Lipinski definition) is 0. The highest BCUT2D eigenvalue weighted by atomic mass is 16.5. The summed E-state index contributed by atoms with van der Waals surface area (Å²) in [5.74, 6) is 4.35. The van der Waals surface area contributed by atoms with Gasteiger partial charge in [-0.2, -0.15) is 0 Å². The fourth-order valence-electron chi connectivity index (χ4n) is 4.07. The molecule has 4 rings (SSSR count). The third-order valence-electron chi connectivity index (χ3n) is 4.46. The predicted octanol–water partition coefficient (Wildman–Crippen LogP) is 2.48. The summed E-state index contributed by atoms with van der Waals surface area (Å²) in [7, 11) is 0. The van der Waals surface area contributed by atoms with E-state index >= 15 is 0 Å². The van der Waals surface area contributed by atoms with Gasteiger partial charge in [-0.05, 0) is 36.7 Å². The van der Waals surface area contributed by atoms with Crippen LogP contribution < -0.4 is 0 Å². The molecule has 2 aliphatic carbocycles. The van der Waals surface area contributed by atoms with Gasteiger partial charge < -0.3 is 4.74 Å². The van der Waals surface area contributed by atoms with Crippen molar-refractivity contribution in [3.63, 3.8) is 0 Å². The van der Waals surface area contributed by atoms with Gasteiger partial charge in [0.15, 0.2) is 0 Å². The van der Waals surface area contributed by atoms with Gasteiger partial charge in [0.2, 0.25) is 0 Å². The van der Waals surface area contributed by atoms with E-state index in [-0.39, 0.29) is 0 Å². The molecule has 0 aromatic carbocycles. The van der Waals surface area contributed by atoms with Crippen LogP contribution in [0, 0.1) is 17.8 Å². The first-order valence-corrected chi connectivity index (χ1v) is 5.35. The molecule has 2 heterocycles. The van der Waals surface area contributed by atoms with E-state index in [1.807, 2.05) is 0 Å². The van der Waals surface area contributed by atoms with Crippen LogP contribution in [0.1, 0.15) is 32.1 Å². The zero-order valence-electron chi connectivity index (χ0n) is 7.25. The van der Waals surface area contributed by atoms with Gasteiger partial charge in [0.1, 0.15) is 6.10 Å². The van der Waals surface area contributed by atoms with Crippen molar-refractivity contribution in [1.82, 2.24) is 0 Å². The normalized spacial score (nSPS) is 53.3. The van der Waals surface area contributed by atoms with Crippen molar-refractivity contribution in [2.45, 2.75) is 38.2 Å². The van der Waals surface area contributed by atoms with Crippen LogP contribution in [0.3, 0.4) is 0 Å². The second-order valence-electron chi connectivity index (χ2n) is 4.80. The lowest BCUT2D eigenvalue weighted by Gasteiger charge is -2.43. The maximum absolute atomic E-state index is 5.88.